The van der Waals surface area contributed by atoms with Gasteiger partial charge in [-0.1, -0.05) is 0 Å². The van der Waals surface area contributed by atoms with Gasteiger partial charge >= 0.3 is 5.84 Å². The number of carbonyl (C=O) groups is 1. The van der Waals surface area contributed by atoms with Gasteiger partial charge in [0.05, 0.1) is 16.8 Å². The van der Waals surface area contributed by atoms with Crippen molar-refractivity contribution in [3.63, 3.8) is 0 Å². The average Bonchev–Trinajstić information content (AvgIpc) is 2.88. The van der Waals surface area contributed by atoms with Crippen molar-refractivity contribution in [2.24, 2.45) is 0 Å². The number of hydrogen-bond acceptors (Lipinski definition) is 5. The molecule has 3 heterocycles. The van der Waals surface area contributed by atoms with Crippen molar-refractivity contribution < 1.29 is 9.21 Å². The number of aromatic nitrogens is 3. The van der Waals surface area contributed by atoms with Crippen LogP contribution in [0.2, 0.25) is 0 Å². The maximum Gasteiger partial charge on any atom is 0.306 e. The molecule has 0 saturated carbocycles. The third-order valence-electron chi connectivity index (χ3n) is 2.24. The van der Waals surface area contributed by atoms with Crippen molar-refractivity contribution in [3.05, 3.63) is 29.2 Å². The van der Waals surface area contributed by atoms with Crippen molar-refractivity contribution in [1.29, 1.82) is 0 Å². The molecule has 3 aromatic heterocycles. The number of imidazole rings is 1. The molecule has 0 aliphatic carbocycles. The number of rotatable bonds is 2. The zero-order valence-electron chi connectivity index (χ0n) is 8.38. The van der Waals surface area contributed by atoms with E-state index >= 15 is 0 Å². The Kier molecular flexibility index (Phi) is 1.90. The minimum atomic E-state index is 0.524. The molecule has 80 valence electrons. The quantitative estimate of drug-likeness (QED) is 0.636. The van der Waals surface area contributed by atoms with Gasteiger partial charge in [0.25, 0.3) is 0 Å². The maximum absolute atomic E-state index is 10.7. The molecule has 3 rings (SSSR count). The molecule has 0 saturated heterocycles. The summed E-state index contributed by atoms with van der Waals surface area (Å²) >= 11 is 1.32. The van der Waals surface area contributed by atoms with Gasteiger partial charge in [-0.2, -0.15) is 0 Å². The summed E-state index contributed by atoms with van der Waals surface area (Å²) in [6, 6.07) is 0. The molecule has 3 aromatic rings. The van der Waals surface area contributed by atoms with Crippen LogP contribution in [0.5, 0.6) is 0 Å². The number of carbonyl (C=O) groups excluding carboxylic acids is 1. The Morgan fingerprint density at radius 3 is 3.12 bits per heavy atom. The Morgan fingerprint density at radius 2 is 2.44 bits per heavy atom. The summed E-state index contributed by atoms with van der Waals surface area (Å²) in [5.41, 5.74) is 0.726. The van der Waals surface area contributed by atoms with Crippen LogP contribution in [0.3, 0.4) is 0 Å². The number of oxazole rings is 1. The van der Waals surface area contributed by atoms with Crippen LogP contribution in [0.4, 0.5) is 0 Å². The van der Waals surface area contributed by atoms with Gasteiger partial charge in [-0.05, 0) is 6.92 Å². The van der Waals surface area contributed by atoms with E-state index in [1.54, 1.807) is 29.9 Å². The minimum absolute atomic E-state index is 0.524. The topological polar surface area (TPSA) is 60.4 Å². The third kappa shape index (κ3) is 1.27. The molecule has 5 nitrogen and oxygen atoms in total. The lowest BCUT2D eigenvalue weighted by Gasteiger charge is -1.84. The molecule has 0 radical (unpaired) electrons. The van der Waals surface area contributed by atoms with Gasteiger partial charge in [-0.3, -0.25) is 9.20 Å². The molecule has 0 aliphatic heterocycles. The summed E-state index contributed by atoms with van der Waals surface area (Å²) in [4.78, 5) is 19.6. The largest absolute Gasteiger partial charge is 0.420 e. The molecule has 6 heteroatoms. The van der Waals surface area contributed by atoms with Gasteiger partial charge in [0, 0.05) is 12.4 Å². The molecule has 0 aromatic carbocycles. The highest BCUT2D eigenvalue weighted by Crippen LogP contribution is 2.28. The fraction of sp³-hybridized carbons (Fsp3) is 0.100. The zero-order valence-corrected chi connectivity index (χ0v) is 9.19. The molecule has 0 amide bonds. The molecule has 0 fully saturated rings. The lowest BCUT2D eigenvalue weighted by Crippen LogP contribution is -1.77. The molecule has 0 unspecified atom stereocenters. The molecule has 0 aliphatic rings. The van der Waals surface area contributed by atoms with Crippen molar-refractivity contribution in [2.45, 2.75) is 6.92 Å². The molecule has 16 heavy (non-hydrogen) atoms. The van der Waals surface area contributed by atoms with Crippen molar-refractivity contribution in [1.82, 2.24) is 14.4 Å². The van der Waals surface area contributed by atoms with Gasteiger partial charge in [0.2, 0.25) is 0 Å². The number of aldehydes is 1. The second kappa shape index (κ2) is 3.28. The molecular weight excluding hydrogens is 226 g/mol. The van der Waals surface area contributed by atoms with Crippen LogP contribution in [-0.4, -0.2) is 20.7 Å². The van der Waals surface area contributed by atoms with Gasteiger partial charge in [0.15, 0.2) is 17.1 Å². The fourth-order valence-corrected chi connectivity index (χ4v) is 2.28. The summed E-state index contributed by atoms with van der Waals surface area (Å²) in [6.07, 6.45) is 6.07. The van der Waals surface area contributed by atoms with Crippen LogP contribution in [0, 0.1) is 6.92 Å². The monoisotopic (exact) mass is 233 g/mol. The SMILES string of the molecule is Cc1nc(-c2cn3ccnc3o2)sc1C=O. The van der Waals surface area contributed by atoms with Crippen molar-refractivity contribution >= 4 is 23.5 Å². The first kappa shape index (κ1) is 9.29. The molecule has 0 N–H and O–H groups in total. The number of aryl methyl sites for hydroxylation is 1. The van der Waals surface area contributed by atoms with E-state index in [9.17, 15) is 4.79 Å². The Morgan fingerprint density at radius 1 is 1.56 bits per heavy atom. The zero-order chi connectivity index (χ0) is 11.1. The highest BCUT2D eigenvalue weighted by Gasteiger charge is 2.13. The summed E-state index contributed by atoms with van der Waals surface area (Å²) < 4.78 is 7.26. The number of thiazole rings is 1. The van der Waals surface area contributed by atoms with Crippen LogP contribution < -0.4 is 0 Å². The normalized spacial score (nSPS) is 11.1. The van der Waals surface area contributed by atoms with Gasteiger partial charge < -0.3 is 4.42 Å². The Bertz CT molecular complexity index is 636. The van der Waals surface area contributed by atoms with Gasteiger partial charge in [-0.25, -0.2) is 9.97 Å². The van der Waals surface area contributed by atoms with E-state index in [0.717, 1.165) is 12.0 Å². The molecule has 0 bridgehead atoms. The van der Waals surface area contributed by atoms with Gasteiger partial charge in [0.1, 0.15) is 0 Å². The highest BCUT2D eigenvalue weighted by atomic mass is 32.1. The van der Waals surface area contributed by atoms with E-state index in [-0.39, 0.29) is 0 Å². The first-order valence-electron chi connectivity index (χ1n) is 4.63. The summed E-state index contributed by atoms with van der Waals surface area (Å²) in [7, 11) is 0. The Hall–Kier alpha value is -1.95. The predicted octanol–water partition coefficient (Wildman–Crippen LogP) is 2.17. The summed E-state index contributed by atoms with van der Waals surface area (Å²) in [5.74, 6) is 1.15. The van der Waals surface area contributed by atoms with Crippen LogP contribution in [-0.2, 0) is 0 Å². The fourth-order valence-electron chi connectivity index (χ4n) is 1.45. The molecular formula is C10H7N3O2S. The third-order valence-corrected chi connectivity index (χ3v) is 3.34. The van der Waals surface area contributed by atoms with E-state index in [1.165, 1.54) is 11.3 Å². The summed E-state index contributed by atoms with van der Waals surface area (Å²) in [5, 5.41) is 0.699. The summed E-state index contributed by atoms with van der Waals surface area (Å²) in [6.45, 7) is 1.80. The lowest BCUT2D eigenvalue weighted by atomic mass is 10.4. The molecule has 0 atom stereocenters. The van der Waals surface area contributed by atoms with Crippen LogP contribution in [0.25, 0.3) is 16.6 Å². The lowest BCUT2D eigenvalue weighted by molar-refractivity contribution is 0.112. The van der Waals surface area contributed by atoms with Crippen molar-refractivity contribution in [3.8, 4) is 10.8 Å². The first-order valence-corrected chi connectivity index (χ1v) is 5.45. The van der Waals surface area contributed by atoms with E-state index in [1.807, 2.05) is 0 Å². The number of fused-ring (bicyclic) bond motifs is 1. The minimum Gasteiger partial charge on any atom is -0.420 e. The van der Waals surface area contributed by atoms with Gasteiger partial charge in [-0.15, -0.1) is 11.3 Å². The number of nitrogens with zero attached hydrogens (tertiary/aromatic N) is 3. The average molecular weight is 233 g/mol. The van der Waals surface area contributed by atoms with Crippen LogP contribution in [0.15, 0.2) is 23.0 Å². The van der Waals surface area contributed by atoms with E-state index in [4.69, 9.17) is 4.42 Å². The predicted molar refractivity (Wildman–Crippen MR) is 58.7 cm³/mol. The Labute approximate surface area is 94.4 Å². The Balaban J connectivity index is 2.15. The van der Waals surface area contributed by atoms with E-state index in [0.29, 0.717) is 21.5 Å². The highest BCUT2D eigenvalue weighted by molar-refractivity contribution is 7.16. The first-order chi connectivity index (χ1) is 7.78. The smallest absolute Gasteiger partial charge is 0.306 e. The molecule has 0 spiro atoms. The van der Waals surface area contributed by atoms with Crippen LogP contribution >= 0.6 is 11.3 Å². The number of hydrogen-bond donors (Lipinski definition) is 0. The second-order valence-electron chi connectivity index (χ2n) is 3.30. The van der Waals surface area contributed by atoms with Crippen molar-refractivity contribution in [2.75, 3.05) is 0 Å². The van der Waals surface area contributed by atoms with Crippen LogP contribution in [0.1, 0.15) is 15.4 Å². The van der Waals surface area contributed by atoms with E-state index in [2.05, 4.69) is 9.97 Å². The second-order valence-corrected chi connectivity index (χ2v) is 4.33. The standard InChI is InChI=1S/C10H7N3O2S/c1-6-8(5-14)16-9(12-6)7-4-13-3-2-11-10(13)15-7/h2-5H,1H3. The maximum atomic E-state index is 10.7. The van der Waals surface area contributed by atoms with E-state index < -0.39 is 0 Å².